The van der Waals surface area contributed by atoms with Gasteiger partial charge in [-0.2, -0.15) is 0 Å². The Bertz CT molecular complexity index is 1040. The van der Waals surface area contributed by atoms with Crippen molar-refractivity contribution in [3.8, 4) is 0 Å². The largest absolute Gasteiger partial charge is 0.462 e. The molecule has 1 atom stereocenters. The van der Waals surface area contributed by atoms with E-state index in [0.717, 1.165) is 89.9 Å². The standard InChI is InChI=1S/C53H94O6/c1-4-7-10-13-16-19-22-24-25-26-27-29-31-34-37-40-43-46-52(55)58-49-50(48-57-51(54)45-42-39-36-33-30-21-18-15-12-9-6-3)59-53(56)47-44-41-38-35-32-28-23-20-17-14-11-8-5-2/h15-16,18-20,23-25,50H,4-14,17,21-22,26-49H2,1-3H3/b18-15-,19-16-,23-20-,25-24-. The van der Waals surface area contributed by atoms with E-state index in [2.05, 4.69) is 69.4 Å². The zero-order valence-corrected chi connectivity index (χ0v) is 39.0. The molecule has 0 amide bonds. The Hall–Kier alpha value is -2.63. The lowest BCUT2D eigenvalue weighted by Gasteiger charge is -2.18. The van der Waals surface area contributed by atoms with Crippen LogP contribution in [0.5, 0.6) is 0 Å². The molecule has 1 unspecified atom stereocenters. The van der Waals surface area contributed by atoms with Crippen LogP contribution in [0.4, 0.5) is 0 Å². The summed E-state index contributed by atoms with van der Waals surface area (Å²) in [5.41, 5.74) is 0. The minimum absolute atomic E-state index is 0.0828. The van der Waals surface area contributed by atoms with Gasteiger partial charge < -0.3 is 14.2 Å². The topological polar surface area (TPSA) is 78.9 Å². The molecule has 0 aromatic carbocycles. The van der Waals surface area contributed by atoms with Crippen molar-refractivity contribution in [2.75, 3.05) is 13.2 Å². The number of allylic oxidation sites excluding steroid dienone is 8. The number of rotatable bonds is 45. The Labute approximate surface area is 365 Å². The van der Waals surface area contributed by atoms with Crippen molar-refractivity contribution in [2.45, 2.75) is 258 Å². The molecule has 0 aliphatic carbocycles. The third kappa shape index (κ3) is 46.3. The highest BCUT2D eigenvalue weighted by Gasteiger charge is 2.19. The van der Waals surface area contributed by atoms with Crippen LogP contribution >= 0.6 is 0 Å². The number of carbonyl (C=O) groups excluding carboxylic acids is 3. The first kappa shape index (κ1) is 56.4. The Balaban J connectivity index is 4.37. The summed E-state index contributed by atoms with van der Waals surface area (Å²) < 4.78 is 16.7. The van der Waals surface area contributed by atoms with Crippen molar-refractivity contribution in [3.05, 3.63) is 48.6 Å². The summed E-state index contributed by atoms with van der Waals surface area (Å²) in [6.07, 6.45) is 56.6. The molecule has 0 radical (unpaired) electrons. The molecule has 0 N–H and O–H groups in total. The van der Waals surface area contributed by atoms with Crippen LogP contribution in [-0.2, 0) is 28.6 Å². The summed E-state index contributed by atoms with van der Waals surface area (Å²) in [7, 11) is 0. The second kappa shape index (κ2) is 48.0. The first-order valence-corrected chi connectivity index (χ1v) is 25.1. The molecule has 59 heavy (non-hydrogen) atoms. The molecule has 0 fully saturated rings. The Morgan fingerprint density at radius 3 is 1.03 bits per heavy atom. The zero-order chi connectivity index (χ0) is 43.0. The lowest BCUT2D eigenvalue weighted by atomic mass is 10.1. The summed E-state index contributed by atoms with van der Waals surface area (Å²) in [6.45, 7) is 6.54. The lowest BCUT2D eigenvalue weighted by molar-refractivity contribution is -0.167. The SMILES string of the molecule is CCCC/C=C\CCCCCCCC(=O)OCC(COC(=O)CCCCCCCCC/C=C\C/C=C\CCCCC)OC(=O)CCCCCCC/C=C\CCCCCC. The second-order valence-corrected chi connectivity index (χ2v) is 16.7. The monoisotopic (exact) mass is 827 g/mol. The van der Waals surface area contributed by atoms with E-state index < -0.39 is 6.10 Å². The van der Waals surface area contributed by atoms with Crippen molar-refractivity contribution < 1.29 is 28.6 Å². The van der Waals surface area contributed by atoms with Gasteiger partial charge in [-0.1, -0.05) is 185 Å². The van der Waals surface area contributed by atoms with E-state index >= 15 is 0 Å². The number of ether oxygens (including phenoxy) is 3. The average Bonchev–Trinajstić information content (AvgIpc) is 3.23. The van der Waals surface area contributed by atoms with Crippen molar-refractivity contribution in [1.29, 1.82) is 0 Å². The molecule has 0 aromatic rings. The third-order valence-electron chi connectivity index (χ3n) is 10.8. The van der Waals surface area contributed by atoms with E-state index in [1.807, 2.05) is 0 Å². The Morgan fingerprint density at radius 2 is 0.627 bits per heavy atom. The molecular formula is C53H94O6. The quantitative estimate of drug-likeness (QED) is 0.0263. The number of hydrogen-bond donors (Lipinski definition) is 0. The summed E-state index contributed by atoms with van der Waals surface area (Å²) in [5.74, 6) is -0.905. The second-order valence-electron chi connectivity index (χ2n) is 16.7. The molecule has 0 bridgehead atoms. The average molecular weight is 827 g/mol. The Kier molecular flexibility index (Phi) is 45.9. The maximum Gasteiger partial charge on any atom is 0.306 e. The van der Waals surface area contributed by atoms with Crippen LogP contribution in [0.25, 0.3) is 0 Å². The first-order chi connectivity index (χ1) is 29.0. The van der Waals surface area contributed by atoms with Crippen LogP contribution in [0.3, 0.4) is 0 Å². The minimum Gasteiger partial charge on any atom is -0.462 e. The molecule has 0 saturated heterocycles. The van der Waals surface area contributed by atoms with Gasteiger partial charge in [-0.3, -0.25) is 14.4 Å². The molecular weight excluding hydrogens is 733 g/mol. The fraction of sp³-hybridized carbons (Fsp3) is 0.792. The summed E-state index contributed by atoms with van der Waals surface area (Å²) in [4.78, 5) is 37.9. The van der Waals surface area contributed by atoms with Gasteiger partial charge in [0.15, 0.2) is 6.10 Å². The lowest BCUT2D eigenvalue weighted by Crippen LogP contribution is -2.30. The van der Waals surface area contributed by atoms with Crippen LogP contribution < -0.4 is 0 Å². The molecule has 0 heterocycles. The van der Waals surface area contributed by atoms with Gasteiger partial charge in [0.2, 0.25) is 0 Å². The summed E-state index contributed by atoms with van der Waals surface area (Å²) in [5, 5.41) is 0. The van der Waals surface area contributed by atoms with E-state index in [4.69, 9.17) is 14.2 Å². The van der Waals surface area contributed by atoms with E-state index in [1.54, 1.807) is 0 Å². The van der Waals surface area contributed by atoms with Crippen LogP contribution in [0.1, 0.15) is 252 Å². The molecule has 6 heteroatoms. The molecule has 342 valence electrons. The van der Waals surface area contributed by atoms with Crippen LogP contribution in [-0.4, -0.2) is 37.2 Å². The van der Waals surface area contributed by atoms with Crippen molar-refractivity contribution >= 4 is 17.9 Å². The van der Waals surface area contributed by atoms with Crippen LogP contribution in [0.2, 0.25) is 0 Å². The Morgan fingerprint density at radius 1 is 0.339 bits per heavy atom. The predicted octanol–water partition coefficient (Wildman–Crippen LogP) is 16.3. The smallest absolute Gasteiger partial charge is 0.306 e. The van der Waals surface area contributed by atoms with E-state index in [1.165, 1.54) is 122 Å². The van der Waals surface area contributed by atoms with Gasteiger partial charge in [-0.15, -0.1) is 0 Å². The third-order valence-corrected chi connectivity index (χ3v) is 10.8. The van der Waals surface area contributed by atoms with Crippen molar-refractivity contribution in [2.24, 2.45) is 0 Å². The molecule has 0 spiro atoms. The van der Waals surface area contributed by atoms with E-state index in [9.17, 15) is 14.4 Å². The minimum atomic E-state index is -0.781. The normalized spacial score (nSPS) is 12.4. The molecule has 0 rings (SSSR count). The van der Waals surface area contributed by atoms with Gasteiger partial charge in [0.25, 0.3) is 0 Å². The number of hydrogen-bond acceptors (Lipinski definition) is 6. The maximum absolute atomic E-state index is 12.8. The summed E-state index contributed by atoms with van der Waals surface area (Å²) >= 11 is 0. The number of carbonyl (C=O) groups is 3. The predicted molar refractivity (Wildman–Crippen MR) is 252 cm³/mol. The molecule has 6 nitrogen and oxygen atoms in total. The van der Waals surface area contributed by atoms with Crippen LogP contribution in [0.15, 0.2) is 48.6 Å². The van der Waals surface area contributed by atoms with E-state index in [0.29, 0.717) is 19.3 Å². The molecule has 0 aromatic heterocycles. The highest BCUT2D eigenvalue weighted by molar-refractivity contribution is 5.71. The van der Waals surface area contributed by atoms with Gasteiger partial charge in [0, 0.05) is 19.3 Å². The molecule has 0 saturated carbocycles. The van der Waals surface area contributed by atoms with Crippen molar-refractivity contribution in [3.63, 3.8) is 0 Å². The number of esters is 3. The fourth-order valence-corrected chi connectivity index (χ4v) is 6.92. The molecule has 0 aliphatic heterocycles. The summed E-state index contributed by atoms with van der Waals surface area (Å²) in [6, 6.07) is 0. The fourth-order valence-electron chi connectivity index (χ4n) is 6.92. The van der Waals surface area contributed by atoms with Gasteiger partial charge in [-0.25, -0.2) is 0 Å². The highest BCUT2D eigenvalue weighted by atomic mass is 16.6. The molecule has 0 aliphatic rings. The van der Waals surface area contributed by atoms with E-state index in [-0.39, 0.29) is 31.1 Å². The van der Waals surface area contributed by atoms with Crippen molar-refractivity contribution in [1.82, 2.24) is 0 Å². The number of unbranched alkanes of at least 4 members (excludes halogenated alkanes) is 26. The van der Waals surface area contributed by atoms with Crippen LogP contribution in [0, 0.1) is 0 Å². The van der Waals surface area contributed by atoms with Gasteiger partial charge in [-0.05, 0) is 96.3 Å². The highest BCUT2D eigenvalue weighted by Crippen LogP contribution is 2.14. The van der Waals surface area contributed by atoms with Gasteiger partial charge in [0.05, 0.1) is 0 Å². The maximum atomic E-state index is 12.8. The zero-order valence-electron chi connectivity index (χ0n) is 39.0. The van der Waals surface area contributed by atoms with Gasteiger partial charge in [0.1, 0.15) is 13.2 Å². The van der Waals surface area contributed by atoms with Gasteiger partial charge >= 0.3 is 17.9 Å². The first-order valence-electron chi connectivity index (χ1n) is 25.1.